The van der Waals surface area contributed by atoms with Gasteiger partial charge in [-0.25, -0.2) is 0 Å². The standard InChI is InChI=1S/C16H23N3O/c1-12-11-19(16(20)13-5-6-13)9-7-15(12)18-10-14-4-2-3-8-17-14/h2-4,8,12-13,15,18H,5-7,9-11H2,1H3/t12-,15-/m1/s1. The maximum Gasteiger partial charge on any atom is 0.225 e. The van der Waals surface area contributed by atoms with Crippen LogP contribution < -0.4 is 5.32 Å². The lowest BCUT2D eigenvalue weighted by Crippen LogP contribution is -2.50. The number of nitrogens with zero attached hydrogens (tertiary/aromatic N) is 2. The predicted molar refractivity (Wildman–Crippen MR) is 77.9 cm³/mol. The number of aromatic nitrogens is 1. The van der Waals surface area contributed by atoms with Crippen LogP contribution in [-0.2, 0) is 11.3 Å². The van der Waals surface area contributed by atoms with Crippen molar-refractivity contribution in [3.8, 4) is 0 Å². The summed E-state index contributed by atoms with van der Waals surface area (Å²) < 4.78 is 0. The van der Waals surface area contributed by atoms with Crippen LogP contribution in [0.1, 0.15) is 31.9 Å². The maximum absolute atomic E-state index is 12.1. The monoisotopic (exact) mass is 273 g/mol. The van der Waals surface area contributed by atoms with Crippen molar-refractivity contribution in [1.82, 2.24) is 15.2 Å². The Hall–Kier alpha value is -1.42. The molecule has 1 aliphatic carbocycles. The molecule has 108 valence electrons. The van der Waals surface area contributed by atoms with Crippen molar-refractivity contribution in [3.63, 3.8) is 0 Å². The zero-order valence-electron chi connectivity index (χ0n) is 12.1. The van der Waals surface area contributed by atoms with Crippen LogP contribution in [-0.4, -0.2) is 34.9 Å². The van der Waals surface area contributed by atoms with Crippen LogP contribution in [0.15, 0.2) is 24.4 Å². The Morgan fingerprint density at radius 3 is 2.90 bits per heavy atom. The average molecular weight is 273 g/mol. The van der Waals surface area contributed by atoms with Crippen molar-refractivity contribution in [2.45, 2.75) is 38.8 Å². The highest BCUT2D eigenvalue weighted by Crippen LogP contribution is 2.32. The van der Waals surface area contributed by atoms with Crippen molar-refractivity contribution in [2.75, 3.05) is 13.1 Å². The van der Waals surface area contributed by atoms with Crippen LogP contribution in [0, 0.1) is 11.8 Å². The summed E-state index contributed by atoms with van der Waals surface area (Å²) in [6.45, 7) is 4.85. The summed E-state index contributed by atoms with van der Waals surface area (Å²) in [6.07, 6.45) is 5.08. The van der Waals surface area contributed by atoms with E-state index in [0.717, 1.165) is 44.6 Å². The molecule has 0 unspecified atom stereocenters. The van der Waals surface area contributed by atoms with Gasteiger partial charge in [0.1, 0.15) is 0 Å². The summed E-state index contributed by atoms with van der Waals surface area (Å²) in [5, 5.41) is 3.59. The molecule has 1 amide bonds. The van der Waals surface area contributed by atoms with Crippen LogP contribution >= 0.6 is 0 Å². The number of hydrogen-bond acceptors (Lipinski definition) is 3. The van der Waals surface area contributed by atoms with Crippen molar-refractivity contribution < 1.29 is 4.79 Å². The van der Waals surface area contributed by atoms with Crippen molar-refractivity contribution in [2.24, 2.45) is 11.8 Å². The molecule has 2 aliphatic rings. The number of nitrogens with one attached hydrogen (secondary N) is 1. The van der Waals surface area contributed by atoms with Gasteiger partial charge in [-0.05, 0) is 37.3 Å². The second-order valence-electron chi connectivity index (χ2n) is 6.13. The Morgan fingerprint density at radius 1 is 1.40 bits per heavy atom. The molecule has 0 radical (unpaired) electrons. The molecular formula is C16H23N3O. The fraction of sp³-hybridized carbons (Fsp3) is 0.625. The van der Waals surface area contributed by atoms with E-state index >= 15 is 0 Å². The highest BCUT2D eigenvalue weighted by Gasteiger charge is 2.36. The third-order valence-electron chi connectivity index (χ3n) is 4.42. The molecule has 20 heavy (non-hydrogen) atoms. The van der Waals surface area contributed by atoms with E-state index in [2.05, 4.69) is 22.1 Å². The van der Waals surface area contributed by atoms with Crippen LogP contribution in [0.25, 0.3) is 0 Å². The number of amides is 1. The molecular weight excluding hydrogens is 250 g/mol. The number of hydrogen-bond donors (Lipinski definition) is 1. The first-order valence-corrected chi connectivity index (χ1v) is 7.66. The molecule has 2 heterocycles. The highest BCUT2D eigenvalue weighted by molar-refractivity contribution is 5.81. The Bertz CT molecular complexity index is 458. The van der Waals surface area contributed by atoms with E-state index in [9.17, 15) is 4.79 Å². The maximum atomic E-state index is 12.1. The minimum atomic E-state index is 0.347. The van der Waals surface area contributed by atoms with Crippen molar-refractivity contribution >= 4 is 5.91 Å². The summed E-state index contributed by atoms with van der Waals surface area (Å²) in [4.78, 5) is 18.5. The van der Waals surface area contributed by atoms with Crippen LogP contribution in [0.3, 0.4) is 0 Å². The first-order valence-electron chi connectivity index (χ1n) is 7.66. The summed E-state index contributed by atoms with van der Waals surface area (Å²) in [6, 6.07) is 6.49. The van der Waals surface area contributed by atoms with Gasteiger partial charge in [0.15, 0.2) is 0 Å². The van der Waals surface area contributed by atoms with Gasteiger partial charge in [-0.15, -0.1) is 0 Å². The normalized spacial score (nSPS) is 26.6. The molecule has 1 N–H and O–H groups in total. The molecule has 1 saturated heterocycles. The van der Waals surface area contributed by atoms with E-state index in [1.54, 1.807) is 0 Å². The summed E-state index contributed by atoms with van der Waals surface area (Å²) >= 11 is 0. The van der Waals surface area contributed by atoms with Gasteiger partial charge < -0.3 is 10.2 Å². The summed E-state index contributed by atoms with van der Waals surface area (Å²) in [5.74, 6) is 1.25. The first-order chi connectivity index (χ1) is 9.74. The molecule has 0 aromatic carbocycles. The summed E-state index contributed by atoms with van der Waals surface area (Å²) in [5.41, 5.74) is 1.08. The van der Waals surface area contributed by atoms with E-state index < -0.39 is 0 Å². The lowest BCUT2D eigenvalue weighted by molar-refractivity contribution is -0.134. The van der Waals surface area contributed by atoms with Gasteiger partial charge >= 0.3 is 0 Å². The SMILES string of the molecule is C[C@@H]1CN(C(=O)C2CC2)CC[C@H]1NCc1ccccn1. The Labute approximate surface area is 120 Å². The number of carbonyl (C=O) groups excluding carboxylic acids is 1. The smallest absolute Gasteiger partial charge is 0.225 e. The zero-order valence-corrected chi connectivity index (χ0v) is 12.1. The quantitative estimate of drug-likeness (QED) is 0.910. The molecule has 0 bridgehead atoms. The van der Waals surface area contributed by atoms with Crippen LogP contribution in [0.4, 0.5) is 0 Å². The van der Waals surface area contributed by atoms with E-state index in [-0.39, 0.29) is 0 Å². The van der Waals surface area contributed by atoms with E-state index in [4.69, 9.17) is 0 Å². The third kappa shape index (κ3) is 3.18. The predicted octanol–water partition coefficient (Wildman–Crippen LogP) is 1.82. The molecule has 1 aromatic heterocycles. The van der Waals surface area contributed by atoms with Gasteiger partial charge in [0.25, 0.3) is 0 Å². The van der Waals surface area contributed by atoms with E-state index in [0.29, 0.717) is 23.8 Å². The van der Waals surface area contributed by atoms with E-state index in [1.165, 1.54) is 0 Å². The highest BCUT2D eigenvalue weighted by atomic mass is 16.2. The third-order valence-corrected chi connectivity index (χ3v) is 4.42. The second-order valence-corrected chi connectivity index (χ2v) is 6.13. The van der Waals surface area contributed by atoms with Crippen LogP contribution in [0.2, 0.25) is 0 Å². The molecule has 1 saturated carbocycles. The summed E-state index contributed by atoms with van der Waals surface area (Å²) in [7, 11) is 0. The van der Waals surface area contributed by atoms with Gasteiger partial charge in [-0.2, -0.15) is 0 Å². The fourth-order valence-corrected chi connectivity index (χ4v) is 2.98. The Kier molecular flexibility index (Phi) is 4.01. The topological polar surface area (TPSA) is 45.2 Å². The minimum absolute atomic E-state index is 0.347. The molecule has 2 atom stereocenters. The average Bonchev–Trinajstić information content (AvgIpc) is 3.31. The number of likely N-dealkylation sites (tertiary alicyclic amines) is 1. The Morgan fingerprint density at radius 2 is 2.25 bits per heavy atom. The van der Waals surface area contributed by atoms with Gasteiger partial charge in [-0.1, -0.05) is 13.0 Å². The van der Waals surface area contributed by atoms with Gasteiger partial charge in [0.2, 0.25) is 5.91 Å². The molecule has 3 rings (SSSR count). The second kappa shape index (κ2) is 5.92. The minimum Gasteiger partial charge on any atom is -0.342 e. The van der Waals surface area contributed by atoms with Crippen LogP contribution in [0.5, 0.6) is 0 Å². The number of rotatable bonds is 4. The largest absolute Gasteiger partial charge is 0.342 e. The van der Waals surface area contributed by atoms with E-state index in [1.807, 2.05) is 24.4 Å². The molecule has 2 fully saturated rings. The van der Waals surface area contributed by atoms with Crippen molar-refractivity contribution in [1.29, 1.82) is 0 Å². The molecule has 1 aliphatic heterocycles. The van der Waals surface area contributed by atoms with Gasteiger partial charge in [-0.3, -0.25) is 9.78 Å². The Balaban J connectivity index is 1.48. The molecule has 4 nitrogen and oxygen atoms in total. The van der Waals surface area contributed by atoms with Gasteiger partial charge in [0.05, 0.1) is 5.69 Å². The first kappa shape index (κ1) is 13.6. The molecule has 4 heteroatoms. The number of carbonyl (C=O) groups is 1. The van der Waals surface area contributed by atoms with Gasteiger partial charge in [0, 0.05) is 37.8 Å². The molecule has 0 spiro atoms. The lowest BCUT2D eigenvalue weighted by Gasteiger charge is -2.37. The molecule has 1 aromatic rings. The number of pyridine rings is 1. The lowest BCUT2D eigenvalue weighted by atomic mass is 9.93. The van der Waals surface area contributed by atoms with Crippen molar-refractivity contribution in [3.05, 3.63) is 30.1 Å². The zero-order chi connectivity index (χ0) is 13.9. The fourth-order valence-electron chi connectivity index (χ4n) is 2.98. The number of piperidine rings is 1.